The fourth-order valence-corrected chi connectivity index (χ4v) is 4.68. The van der Waals surface area contributed by atoms with Gasteiger partial charge in [-0.25, -0.2) is 0 Å². The first-order chi connectivity index (χ1) is 14.6. The summed E-state index contributed by atoms with van der Waals surface area (Å²) in [4.78, 5) is 0. The Bertz CT molecular complexity index is 853. The van der Waals surface area contributed by atoms with Gasteiger partial charge in [0.1, 0.15) is 5.75 Å². The van der Waals surface area contributed by atoms with Gasteiger partial charge in [0.15, 0.2) is 11.5 Å². The average molecular weight is 412 g/mol. The fourth-order valence-electron chi connectivity index (χ4n) is 4.68. The summed E-state index contributed by atoms with van der Waals surface area (Å²) in [5.41, 5.74) is 2.57. The van der Waals surface area contributed by atoms with Crippen LogP contribution in [-0.4, -0.2) is 33.2 Å². The van der Waals surface area contributed by atoms with Crippen molar-refractivity contribution in [3.63, 3.8) is 0 Å². The third-order valence-electron chi connectivity index (χ3n) is 6.47. The number of methoxy groups -OCH3 is 1. The Morgan fingerprint density at radius 2 is 1.97 bits per heavy atom. The molecule has 2 aromatic carbocycles. The molecule has 0 radical (unpaired) electrons. The van der Waals surface area contributed by atoms with Crippen molar-refractivity contribution in [3.8, 4) is 17.2 Å². The largest absolute Gasteiger partial charge is 0.496 e. The van der Waals surface area contributed by atoms with Gasteiger partial charge in [0.05, 0.1) is 13.2 Å². The smallest absolute Gasteiger partial charge is 0.231 e. The minimum absolute atomic E-state index is 0.0572. The summed E-state index contributed by atoms with van der Waals surface area (Å²) in [6.07, 6.45) is 3.36. The highest BCUT2D eigenvalue weighted by Crippen LogP contribution is 2.45. The minimum Gasteiger partial charge on any atom is -0.496 e. The zero-order valence-corrected chi connectivity index (χ0v) is 18.3. The molecule has 0 bridgehead atoms. The normalized spacial score (nSPS) is 23.0. The number of hydrogen-bond donors (Lipinski definition) is 1. The van der Waals surface area contributed by atoms with E-state index in [1.54, 1.807) is 7.11 Å². The quantitative estimate of drug-likeness (QED) is 0.640. The van der Waals surface area contributed by atoms with E-state index >= 15 is 0 Å². The predicted octanol–water partition coefficient (Wildman–Crippen LogP) is 4.68. The van der Waals surface area contributed by atoms with Crippen LogP contribution in [0.3, 0.4) is 0 Å². The van der Waals surface area contributed by atoms with E-state index < -0.39 is 0 Å². The van der Waals surface area contributed by atoms with Crippen LogP contribution in [-0.2, 0) is 16.7 Å². The molecule has 2 heterocycles. The number of nitrogens with one attached hydrogen (secondary N) is 1. The van der Waals surface area contributed by atoms with E-state index in [0.29, 0.717) is 12.7 Å². The van der Waals surface area contributed by atoms with E-state index in [1.165, 1.54) is 11.1 Å². The number of rotatable bonds is 8. The van der Waals surface area contributed by atoms with Gasteiger partial charge in [-0.1, -0.05) is 38.1 Å². The molecule has 2 aliphatic rings. The van der Waals surface area contributed by atoms with Crippen LogP contribution in [0.2, 0.25) is 0 Å². The van der Waals surface area contributed by atoms with Gasteiger partial charge in [0.2, 0.25) is 6.79 Å². The summed E-state index contributed by atoms with van der Waals surface area (Å²) in [6, 6.07) is 14.6. The molecule has 5 nitrogen and oxygen atoms in total. The van der Waals surface area contributed by atoms with Crippen LogP contribution in [0.1, 0.15) is 44.2 Å². The highest BCUT2D eigenvalue weighted by atomic mass is 16.7. The topological polar surface area (TPSA) is 49.0 Å². The van der Waals surface area contributed by atoms with Crippen molar-refractivity contribution in [1.82, 2.24) is 5.32 Å². The van der Waals surface area contributed by atoms with Gasteiger partial charge in [0, 0.05) is 24.1 Å². The molecule has 5 heteroatoms. The van der Waals surface area contributed by atoms with Gasteiger partial charge >= 0.3 is 0 Å². The fraction of sp³-hybridized carbons (Fsp3) is 0.520. The molecule has 1 fully saturated rings. The lowest BCUT2D eigenvalue weighted by Gasteiger charge is -2.43. The SMILES string of the molecule is COc1ccccc1[C@@]1(CCNCc2ccc3c(c2)OCO3)CCO[C@@H](C(C)C)C1. The standard InChI is InChI=1S/C25H33NO4/c1-18(2)24-15-25(11-13-28-24,20-6-4-5-7-21(20)27-3)10-12-26-16-19-8-9-22-23(14-19)30-17-29-22/h4-9,14,18,24,26H,10-13,15-17H2,1-3H3/t24-,25+/m1/s1. The number of hydrogen-bond acceptors (Lipinski definition) is 5. The van der Waals surface area contributed by atoms with Crippen LogP contribution in [0.25, 0.3) is 0 Å². The highest BCUT2D eigenvalue weighted by molar-refractivity contribution is 5.44. The maximum atomic E-state index is 6.12. The van der Waals surface area contributed by atoms with Crippen molar-refractivity contribution in [3.05, 3.63) is 53.6 Å². The zero-order chi connectivity index (χ0) is 21.0. The monoisotopic (exact) mass is 411 g/mol. The van der Waals surface area contributed by atoms with E-state index in [2.05, 4.69) is 49.5 Å². The van der Waals surface area contributed by atoms with Crippen LogP contribution >= 0.6 is 0 Å². The van der Waals surface area contributed by atoms with Crippen LogP contribution in [0.4, 0.5) is 0 Å². The molecule has 2 aromatic rings. The Hall–Kier alpha value is -2.24. The molecule has 0 aliphatic carbocycles. The van der Waals surface area contributed by atoms with E-state index in [1.807, 2.05) is 12.1 Å². The van der Waals surface area contributed by atoms with Crippen LogP contribution in [0.5, 0.6) is 17.2 Å². The van der Waals surface area contributed by atoms with Crippen LogP contribution in [0, 0.1) is 5.92 Å². The lowest BCUT2D eigenvalue weighted by Crippen LogP contribution is -2.42. The van der Waals surface area contributed by atoms with Crippen molar-refractivity contribution >= 4 is 0 Å². The van der Waals surface area contributed by atoms with Gasteiger partial charge < -0.3 is 24.3 Å². The molecular formula is C25H33NO4. The molecule has 0 unspecified atom stereocenters. The maximum absolute atomic E-state index is 6.12. The molecule has 4 rings (SSSR count). The molecule has 162 valence electrons. The first kappa shape index (κ1) is 21.0. The van der Waals surface area contributed by atoms with Crippen LogP contribution in [0.15, 0.2) is 42.5 Å². The van der Waals surface area contributed by atoms with Crippen molar-refractivity contribution in [1.29, 1.82) is 0 Å². The summed E-state index contributed by atoms with van der Waals surface area (Å²) >= 11 is 0. The van der Waals surface area contributed by atoms with Crippen molar-refractivity contribution < 1.29 is 18.9 Å². The molecule has 2 atom stereocenters. The molecule has 0 aromatic heterocycles. The number of para-hydroxylation sites is 1. The Labute approximate surface area is 179 Å². The van der Waals surface area contributed by atoms with Crippen molar-refractivity contribution in [2.24, 2.45) is 5.92 Å². The first-order valence-corrected chi connectivity index (χ1v) is 11.0. The van der Waals surface area contributed by atoms with E-state index in [-0.39, 0.29) is 11.5 Å². The predicted molar refractivity (Wildman–Crippen MR) is 117 cm³/mol. The Kier molecular flexibility index (Phi) is 6.49. The Morgan fingerprint density at radius 1 is 1.13 bits per heavy atom. The molecular weight excluding hydrogens is 378 g/mol. The number of ether oxygens (including phenoxy) is 4. The van der Waals surface area contributed by atoms with Crippen molar-refractivity contribution in [2.45, 2.75) is 51.2 Å². The maximum Gasteiger partial charge on any atom is 0.231 e. The van der Waals surface area contributed by atoms with Gasteiger partial charge in [-0.15, -0.1) is 0 Å². The molecule has 1 saturated heterocycles. The van der Waals surface area contributed by atoms with E-state index in [0.717, 1.165) is 56.2 Å². The second kappa shape index (κ2) is 9.27. The molecule has 0 spiro atoms. The second-order valence-electron chi connectivity index (χ2n) is 8.70. The van der Waals surface area contributed by atoms with Gasteiger partial charge in [-0.3, -0.25) is 0 Å². The zero-order valence-electron chi connectivity index (χ0n) is 18.3. The third kappa shape index (κ3) is 4.42. The summed E-state index contributed by atoms with van der Waals surface area (Å²) < 4.78 is 22.8. The number of benzene rings is 2. The lowest BCUT2D eigenvalue weighted by molar-refractivity contribution is -0.0473. The highest BCUT2D eigenvalue weighted by Gasteiger charge is 2.40. The summed E-state index contributed by atoms with van der Waals surface area (Å²) in [6.45, 7) is 7.34. The molecule has 30 heavy (non-hydrogen) atoms. The lowest BCUT2D eigenvalue weighted by atomic mass is 9.68. The molecule has 1 N–H and O–H groups in total. The third-order valence-corrected chi connectivity index (χ3v) is 6.47. The summed E-state index contributed by atoms with van der Waals surface area (Å²) in [5.74, 6) is 3.15. The molecule has 0 amide bonds. The van der Waals surface area contributed by atoms with Crippen molar-refractivity contribution in [2.75, 3.05) is 27.1 Å². The van der Waals surface area contributed by atoms with Crippen LogP contribution < -0.4 is 19.5 Å². The molecule has 2 aliphatic heterocycles. The summed E-state index contributed by atoms with van der Waals surface area (Å²) in [5, 5.41) is 3.64. The Balaban J connectivity index is 1.46. The second-order valence-corrected chi connectivity index (χ2v) is 8.70. The number of fused-ring (bicyclic) bond motifs is 1. The van der Waals surface area contributed by atoms with Gasteiger partial charge in [0.25, 0.3) is 0 Å². The average Bonchev–Trinajstić information content (AvgIpc) is 3.25. The molecule has 0 saturated carbocycles. The van der Waals surface area contributed by atoms with Gasteiger partial charge in [-0.05, 0) is 55.5 Å². The summed E-state index contributed by atoms with van der Waals surface area (Å²) in [7, 11) is 1.77. The first-order valence-electron chi connectivity index (χ1n) is 11.0. The van der Waals surface area contributed by atoms with E-state index in [9.17, 15) is 0 Å². The van der Waals surface area contributed by atoms with Gasteiger partial charge in [-0.2, -0.15) is 0 Å². The van der Waals surface area contributed by atoms with E-state index in [4.69, 9.17) is 18.9 Å². The Morgan fingerprint density at radius 3 is 2.80 bits per heavy atom. The minimum atomic E-state index is 0.0572.